The van der Waals surface area contributed by atoms with Gasteiger partial charge in [0.1, 0.15) is 11.4 Å². The first-order valence-corrected chi connectivity index (χ1v) is 9.99. The van der Waals surface area contributed by atoms with Gasteiger partial charge < -0.3 is 14.6 Å². The van der Waals surface area contributed by atoms with Gasteiger partial charge in [-0.1, -0.05) is 12.1 Å². The number of aldehydes is 1. The minimum Gasteiger partial charge on any atom is -0.441 e. The average molecular weight is 390 g/mol. The summed E-state index contributed by atoms with van der Waals surface area (Å²) >= 11 is 0. The molecule has 0 saturated carbocycles. The Bertz CT molecular complexity index is 1060. The van der Waals surface area contributed by atoms with E-state index in [9.17, 15) is 4.79 Å². The Morgan fingerprint density at radius 2 is 1.93 bits per heavy atom. The van der Waals surface area contributed by atoms with Crippen LogP contribution in [-0.2, 0) is 0 Å². The number of hydrogen-bond acceptors (Lipinski definition) is 5. The first kappa shape index (κ1) is 19.3. The Hall–Kier alpha value is -2.99. The summed E-state index contributed by atoms with van der Waals surface area (Å²) in [4.78, 5) is 23.3. The molecule has 0 amide bonds. The molecule has 0 unspecified atom stereocenters. The lowest BCUT2D eigenvalue weighted by Gasteiger charge is -2.29. The lowest BCUT2D eigenvalue weighted by atomic mass is 9.95. The summed E-state index contributed by atoms with van der Waals surface area (Å²) in [5, 5.41) is 3.25. The fourth-order valence-corrected chi connectivity index (χ4v) is 3.91. The van der Waals surface area contributed by atoms with Crippen LogP contribution in [0.1, 0.15) is 29.1 Å². The van der Waals surface area contributed by atoms with E-state index in [1.54, 1.807) is 0 Å². The molecule has 6 nitrogen and oxygen atoms in total. The van der Waals surface area contributed by atoms with E-state index in [0.717, 1.165) is 60.3 Å². The number of oxazole rings is 1. The largest absolute Gasteiger partial charge is 0.441 e. The van der Waals surface area contributed by atoms with Gasteiger partial charge in [-0.25, -0.2) is 9.98 Å². The van der Waals surface area contributed by atoms with Crippen molar-refractivity contribution in [1.29, 1.82) is 0 Å². The Kier molecular flexibility index (Phi) is 5.45. The molecule has 6 heteroatoms. The molecule has 0 radical (unpaired) electrons. The molecule has 4 rings (SSSR count). The zero-order valence-electron chi connectivity index (χ0n) is 17.1. The van der Waals surface area contributed by atoms with Gasteiger partial charge in [0.15, 0.2) is 17.8 Å². The number of rotatable bonds is 4. The zero-order chi connectivity index (χ0) is 20.4. The molecule has 0 bridgehead atoms. The van der Waals surface area contributed by atoms with Gasteiger partial charge in [0.05, 0.1) is 5.69 Å². The highest BCUT2D eigenvalue weighted by atomic mass is 16.3. The van der Waals surface area contributed by atoms with Crippen LogP contribution in [-0.4, -0.2) is 49.2 Å². The maximum absolute atomic E-state index is 11.8. The first-order chi connectivity index (χ1) is 14.1. The lowest BCUT2D eigenvalue weighted by Crippen LogP contribution is -2.37. The molecule has 0 spiro atoms. The van der Waals surface area contributed by atoms with Gasteiger partial charge >= 0.3 is 0 Å². The third-order valence-corrected chi connectivity index (χ3v) is 5.59. The number of aliphatic imine (C=N–C) groups is 1. The van der Waals surface area contributed by atoms with Crippen LogP contribution in [0.5, 0.6) is 0 Å². The predicted molar refractivity (Wildman–Crippen MR) is 116 cm³/mol. The Balaban J connectivity index is 1.65. The first-order valence-electron chi connectivity index (χ1n) is 9.99. The number of hydrogen-bond donors (Lipinski definition) is 1. The summed E-state index contributed by atoms with van der Waals surface area (Å²) in [5.74, 6) is 1.99. The topological polar surface area (TPSA) is 70.7 Å². The SMILES string of the molecule is CN/C(=N\c1ccc(-c2ccc3nc(C)oc3c2)cc1C=O)C1CCN(C)CC1. The third-order valence-electron chi connectivity index (χ3n) is 5.59. The summed E-state index contributed by atoms with van der Waals surface area (Å²) in [7, 11) is 4.05. The molecule has 1 N–H and O–H groups in total. The minimum atomic E-state index is 0.396. The zero-order valence-corrected chi connectivity index (χ0v) is 17.1. The van der Waals surface area contributed by atoms with Crippen molar-refractivity contribution in [2.75, 3.05) is 27.2 Å². The molecular formula is C23H26N4O2. The Labute approximate surface area is 170 Å². The number of nitrogens with zero attached hydrogens (tertiary/aromatic N) is 3. The van der Waals surface area contributed by atoms with E-state index in [-0.39, 0.29) is 0 Å². The number of carbonyl (C=O) groups is 1. The van der Waals surface area contributed by atoms with Crippen molar-refractivity contribution >= 4 is 28.9 Å². The van der Waals surface area contributed by atoms with Gasteiger partial charge in [-0.2, -0.15) is 0 Å². The van der Waals surface area contributed by atoms with Gasteiger partial charge in [0, 0.05) is 25.5 Å². The van der Waals surface area contributed by atoms with Crippen LogP contribution < -0.4 is 5.32 Å². The van der Waals surface area contributed by atoms with Gasteiger partial charge in [0.25, 0.3) is 0 Å². The van der Waals surface area contributed by atoms with Crippen molar-refractivity contribution in [3.63, 3.8) is 0 Å². The van der Waals surface area contributed by atoms with Crippen LogP contribution in [0.3, 0.4) is 0 Å². The van der Waals surface area contributed by atoms with Crippen LogP contribution in [0, 0.1) is 12.8 Å². The molecule has 2 aromatic carbocycles. The third kappa shape index (κ3) is 4.07. The second-order valence-electron chi connectivity index (χ2n) is 7.63. The number of likely N-dealkylation sites (tertiary alicyclic amines) is 1. The summed E-state index contributed by atoms with van der Waals surface area (Å²) in [6.45, 7) is 3.96. The van der Waals surface area contributed by atoms with Crippen molar-refractivity contribution < 1.29 is 9.21 Å². The molecule has 1 aliphatic rings. The van der Waals surface area contributed by atoms with E-state index in [1.165, 1.54) is 0 Å². The number of aryl methyl sites for hydroxylation is 1. The second kappa shape index (κ2) is 8.17. The molecule has 0 atom stereocenters. The van der Waals surface area contributed by atoms with Gasteiger partial charge in [-0.15, -0.1) is 0 Å². The summed E-state index contributed by atoms with van der Waals surface area (Å²) in [6.07, 6.45) is 3.02. The summed E-state index contributed by atoms with van der Waals surface area (Å²) in [6, 6.07) is 11.7. The lowest BCUT2D eigenvalue weighted by molar-refractivity contribution is 0.112. The molecule has 3 aromatic rings. The number of amidine groups is 1. The molecule has 29 heavy (non-hydrogen) atoms. The van der Waals surface area contributed by atoms with E-state index in [1.807, 2.05) is 50.4 Å². The van der Waals surface area contributed by atoms with E-state index in [4.69, 9.17) is 9.41 Å². The van der Waals surface area contributed by atoms with Crippen molar-refractivity contribution in [3.8, 4) is 11.1 Å². The Morgan fingerprint density at radius 3 is 2.66 bits per heavy atom. The van der Waals surface area contributed by atoms with Crippen molar-refractivity contribution in [3.05, 3.63) is 47.9 Å². The molecule has 1 aromatic heterocycles. The highest BCUT2D eigenvalue weighted by Gasteiger charge is 2.21. The fraction of sp³-hybridized carbons (Fsp3) is 0.348. The molecular weight excluding hydrogens is 364 g/mol. The molecule has 1 fully saturated rings. The smallest absolute Gasteiger partial charge is 0.192 e. The molecule has 1 saturated heterocycles. The van der Waals surface area contributed by atoms with E-state index >= 15 is 0 Å². The van der Waals surface area contributed by atoms with Gasteiger partial charge in [0.2, 0.25) is 0 Å². The molecule has 150 valence electrons. The Morgan fingerprint density at radius 1 is 1.21 bits per heavy atom. The quantitative estimate of drug-likeness (QED) is 0.411. The van der Waals surface area contributed by atoms with Crippen molar-refractivity contribution in [2.24, 2.45) is 10.9 Å². The number of carbonyl (C=O) groups excluding carboxylic acids is 1. The van der Waals surface area contributed by atoms with E-state index < -0.39 is 0 Å². The standard InChI is InChI=1S/C23H26N4O2/c1-15-25-21-7-5-18(13-22(21)29-15)17-4-6-20(19(12-17)14-28)26-23(24-2)16-8-10-27(3)11-9-16/h4-7,12-14,16H,8-11H2,1-3H3,(H,24,26). The van der Waals surface area contributed by atoms with Crippen LogP contribution in [0.25, 0.3) is 22.2 Å². The number of nitrogens with one attached hydrogen (secondary N) is 1. The van der Waals surface area contributed by atoms with Crippen molar-refractivity contribution in [1.82, 2.24) is 15.2 Å². The van der Waals surface area contributed by atoms with Crippen LogP contribution in [0.4, 0.5) is 5.69 Å². The number of fused-ring (bicyclic) bond motifs is 1. The maximum Gasteiger partial charge on any atom is 0.192 e. The maximum atomic E-state index is 11.8. The van der Waals surface area contributed by atoms with Gasteiger partial charge in [-0.05, 0) is 68.4 Å². The normalized spacial score (nSPS) is 16.3. The van der Waals surface area contributed by atoms with Crippen molar-refractivity contribution in [2.45, 2.75) is 19.8 Å². The number of piperidine rings is 1. The monoisotopic (exact) mass is 390 g/mol. The van der Waals surface area contributed by atoms with E-state index in [0.29, 0.717) is 23.1 Å². The highest BCUT2D eigenvalue weighted by Crippen LogP contribution is 2.29. The van der Waals surface area contributed by atoms with E-state index in [2.05, 4.69) is 22.2 Å². The van der Waals surface area contributed by atoms with Gasteiger partial charge in [-0.3, -0.25) is 4.79 Å². The van der Waals surface area contributed by atoms with Crippen LogP contribution >= 0.6 is 0 Å². The number of aromatic nitrogens is 1. The average Bonchev–Trinajstić information content (AvgIpc) is 3.12. The predicted octanol–water partition coefficient (Wildman–Crippen LogP) is 4.21. The highest BCUT2D eigenvalue weighted by molar-refractivity contribution is 5.92. The number of benzene rings is 2. The van der Waals surface area contributed by atoms with Crippen LogP contribution in [0.2, 0.25) is 0 Å². The molecule has 0 aliphatic carbocycles. The summed E-state index contributed by atoms with van der Waals surface area (Å²) < 4.78 is 5.64. The van der Waals surface area contributed by atoms with Crippen LogP contribution in [0.15, 0.2) is 45.8 Å². The fourth-order valence-electron chi connectivity index (χ4n) is 3.91. The molecule has 1 aliphatic heterocycles. The minimum absolute atomic E-state index is 0.396. The molecule has 2 heterocycles. The second-order valence-corrected chi connectivity index (χ2v) is 7.63. The summed E-state index contributed by atoms with van der Waals surface area (Å²) in [5.41, 5.74) is 4.79.